The maximum Gasteiger partial charge on any atom is 0.248 e. The van der Waals surface area contributed by atoms with Gasteiger partial charge in [0.15, 0.2) is 0 Å². The van der Waals surface area contributed by atoms with E-state index in [1.165, 1.54) is 25.7 Å². The van der Waals surface area contributed by atoms with Gasteiger partial charge in [0, 0.05) is 17.3 Å². The zero-order chi connectivity index (χ0) is 10.7. The standard InChI is InChI=1S/C12H16N2O/c13-12(15)9-5-7-11(8-6-9)14-10-3-1-2-4-10/h5-8,10,14H,1-4H2,(H2,13,15). The van der Waals surface area contributed by atoms with Crippen LogP contribution in [0.1, 0.15) is 36.0 Å². The van der Waals surface area contributed by atoms with Gasteiger partial charge >= 0.3 is 0 Å². The quantitative estimate of drug-likeness (QED) is 0.792. The van der Waals surface area contributed by atoms with Crippen LogP contribution in [0.15, 0.2) is 24.3 Å². The minimum Gasteiger partial charge on any atom is -0.382 e. The molecule has 1 aliphatic rings. The summed E-state index contributed by atoms with van der Waals surface area (Å²) in [4.78, 5) is 10.9. The number of amides is 1. The van der Waals surface area contributed by atoms with E-state index in [-0.39, 0.29) is 5.91 Å². The van der Waals surface area contributed by atoms with Gasteiger partial charge in [-0.2, -0.15) is 0 Å². The van der Waals surface area contributed by atoms with E-state index in [0.29, 0.717) is 11.6 Å². The van der Waals surface area contributed by atoms with Crippen molar-refractivity contribution in [1.82, 2.24) is 0 Å². The Hall–Kier alpha value is -1.51. The zero-order valence-corrected chi connectivity index (χ0v) is 8.70. The first-order valence-corrected chi connectivity index (χ1v) is 5.42. The molecule has 1 saturated carbocycles. The highest BCUT2D eigenvalue weighted by Crippen LogP contribution is 2.22. The predicted molar refractivity (Wildman–Crippen MR) is 60.8 cm³/mol. The molecule has 3 N–H and O–H groups in total. The second-order valence-electron chi connectivity index (χ2n) is 4.07. The molecule has 0 radical (unpaired) electrons. The fourth-order valence-corrected chi connectivity index (χ4v) is 2.04. The van der Waals surface area contributed by atoms with Crippen molar-refractivity contribution >= 4 is 11.6 Å². The van der Waals surface area contributed by atoms with Gasteiger partial charge in [-0.1, -0.05) is 12.8 Å². The first-order valence-electron chi connectivity index (χ1n) is 5.42. The van der Waals surface area contributed by atoms with Crippen LogP contribution < -0.4 is 11.1 Å². The van der Waals surface area contributed by atoms with Gasteiger partial charge in [0.25, 0.3) is 0 Å². The molecule has 0 spiro atoms. The fraction of sp³-hybridized carbons (Fsp3) is 0.417. The molecule has 80 valence electrons. The molecule has 1 aromatic carbocycles. The summed E-state index contributed by atoms with van der Waals surface area (Å²) in [6, 6.07) is 7.96. The van der Waals surface area contributed by atoms with Crippen molar-refractivity contribution in [3.63, 3.8) is 0 Å². The number of nitrogens with two attached hydrogens (primary N) is 1. The average Bonchev–Trinajstić information content (AvgIpc) is 2.71. The van der Waals surface area contributed by atoms with Crippen molar-refractivity contribution in [2.24, 2.45) is 5.73 Å². The Morgan fingerprint density at radius 2 is 1.80 bits per heavy atom. The number of nitrogens with one attached hydrogen (secondary N) is 1. The van der Waals surface area contributed by atoms with Crippen molar-refractivity contribution in [2.45, 2.75) is 31.7 Å². The summed E-state index contributed by atoms with van der Waals surface area (Å²) in [7, 11) is 0. The molecular weight excluding hydrogens is 188 g/mol. The largest absolute Gasteiger partial charge is 0.382 e. The second kappa shape index (κ2) is 4.34. The van der Waals surface area contributed by atoms with Crippen molar-refractivity contribution in [2.75, 3.05) is 5.32 Å². The molecule has 3 nitrogen and oxygen atoms in total. The van der Waals surface area contributed by atoms with E-state index >= 15 is 0 Å². The van der Waals surface area contributed by atoms with E-state index in [4.69, 9.17) is 5.73 Å². The number of anilines is 1. The van der Waals surface area contributed by atoms with E-state index in [1.807, 2.05) is 12.1 Å². The SMILES string of the molecule is NC(=O)c1ccc(NC2CCCC2)cc1. The monoisotopic (exact) mass is 204 g/mol. The molecule has 1 aliphatic carbocycles. The number of carbonyl (C=O) groups excluding carboxylic acids is 1. The van der Waals surface area contributed by atoms with Crippen LogP contribution in [-0.4, -0.2) is 11.9 Å². The van der Waals surface area contributed by atoms with Crippen LogP contribution in [0, 0.1) is 0 Å². The normalized spacial score (nSPS) is 16.5. The Bertz CT molecular complexity index is 339. The van der Waals surface area contributed by atoms with Crippen molar-refractivity contribution in [1.29, 1.82) is 0 Å². The van der Waals surface area contributed by atoms with E-state index in [2.05, 4.69) is 5.32 Å². The van der Waals surface area contributed by atoms with Crippen LogP contribution in [0.4, 0.5) is 5.69 Å². The molecule has 0 bridgehead atoms. The molecule has 1 fully saturated rings. The predicted octanol–water partition coefficient (Wildman–Crippen LogP) is 2.14. The highest BCUT2D eigenvalue weighted by molar-refractivity contribution is 5.93. The Balaban J connectivity index is 2.00. The molecule has 1 aromatic rings. The van der Waals surface area contributed by atoms with Gasteiger partial charge in [-0.3, -0.25) is 4.79 Å². The van der Waals surface area contributed by atoms with Gasteiger partial charge < -0.3 is 11.1 Å². The van der Waals surface area contributed by atoms with E-state index in [0.717, 1.165) is 5.69 Å². The molecule has 2 rings (SSSR count). The molecule has 0 saturated heterocycles. The molecule has 1 amide bonds. The van der Waals surface area contributed by atoms with Crippen LogP contribution in [0.25, 0.3) is 0 Å². The van der Waals surface area contributed by atoms with E-state index < -0.39 is 0 Å². The van der Waals surface area contributed by atoms with Crippen LogP contribution in [0.2, 0.25) is 0 Å². The van der Waals surface area contributed by atoms with Crippen molar-refractivity contribution < 1.29 is 4.79 Å². The lowest BCUT2D eigenvalue weighted by Gasteiger charge is -2.13. The third-order valence-corrected chi connectivity index (χ3v) is 2.90. The lowest BCUT2D eigenvalue weighted by Crippen LogP contribution is -2.15. The number of benzene rings is 1. The van der Waals surface area contributed by atoms with Crippen molar-refractivity contribution in [3.8, 4) is 0 Å². The number of hydrogen-bond donors (Lipinski definition) is 2. The summed E-state index contributed by atoms with van der Waals surface area (Å²) in [5.41, 5.74) is 6.81. The third-order valence-electron chi connectivity index (χ3n) is 2.90. The summed E-state index contributed by atoms with van der Waals surface area (Å²) in [5, 5.41) is 3.45. The van der Waals surface area contributed by atoms with Gasteiger partial charge in [-0.15, -0.1) is 0 Å². The first kappa shape index (κ1) is 10.0. The summed E-state index contributed by atoms with van der Waals surface area (Å²) in [5.74, 6) is -0.373. The molecule has 15 heavy (non-hydrogen) atoms. The molecule has 0 unspecified atom stereocenters. The number of hydrogen-bond acceptors (Lipinski definition) is 2. The van der Waals surface area contributed by atoms with Crippen molar-refractivity contribution in [3.05, 3.63) is 29.8 Å². The minimum absolute atomic E-state index is 0.373. The third kappa shape index (κ3) is 2.49. The Morgan fingerprint density at radius 3 is 2.33 bits per heavy atom. The van der Waals surface area contributed by atoms with E-state index in [1.54, 1.807) is 12.1 Å². The van der Waals surface area contributed by atoms with Gasteiger partial charge in [0.1, 0.15) is 0 Å². The lowest BCUT2D eigenvalue weighted by atomic mass is 10.2. The van der Waals surface area contributed by atoms with Gasteiger partial charge in [0.2, 0.25) is 5.91 Å². The Kier molecular flexibility index (Phi) is 2.90. The zero-order valence-electron chi connectivity index (χ0n) is 8.70. The summed E-state index contributed by atoms with van der Waals surface area (Å²) in [6.07, 6.45) is 5.13. The van der Waals surface area contributed by atoms with Crippen LogP contribution >= 0.6 is 0 Å². The highest BCUT2D eigenvalue weighted by Gasteiger charge is 2.14. The molecule has 0 aromatic heterocycles. The maximum absolute atomic E-state index is 10.9. The van der Waals surface area contributed by atoms with Gasteiger partial charge in [-0.25, -0.2) is 0 Å². The fourth-order valence-electron chi connectivity index (χ4n) is 2.04. The Labute approximate surface area is 89.7 Å². The minimum atomic E-state index is -0.373. The van der Waals surface area contributed by atoms with Gasteiger partial charge in [-0.05, 0) is 37.1 Å². The smallest absolute Gasteiger partial charge is 0.248 e. The number of primary amides is 1. The molecule has 0 aliphatic heterocycles. The first-order chi connectivity index (χ1) is 7.25. The van der Waals surface area contributed by atoms with Crippen LogP contribution in [-0.2, 0) is 0 Å². The topological polar surface area (TPSA) is 55.1 Å². The molecule has 3 heteroatoms. The highest BCUT2D eigenvalue weighted by atomic mass is 16.1. The second-order valence-corrected chi connectivity index (χ2v) is 4.07. The molecule has 0 heterocycles. The number of carbonyl (C=O) groups is 1. The Morgan fingerprint density at radius 1 is 1.20 bits per heavy atom. The maximum atomic E-state index is 10.9. The number of rotatable bonds is 3. The average molecular weight is 204 g/mol. The van der Waals surface area contributed by atoms with Crippen LogP contribution in [0.5, 0.6) is 0 Å². The summed E-state index contributed by atoms with van der Waals surface area (Å²) >= 11 is 0. The summed E-state index contributed by atoms with van der Waals surface area (Å²) in [6.45, 7) is 0. The van der Waals surface area contributed by atoms with Crippen LogP contribution in [0.3, 0.4) is 0 Å². The lowest BCUT2D eigenvalue weighted by molar-refractivity contribution is 0.100. The van der Waals surface area contributed by atoms with E-state index in [9.17, 15) is 4.79 Å². The van der Waals surface area contributed by atoms with Gasteiger partial charge in [0.05, 0.1) is 0 Å². The summed E-state index contributed by atoms with van der Waals surface area (Å²) < 4.78 is 0. The molecule has 0 atom stereocenters. The molecular formula is C12H16N2O.